The number of methoxy groups -OCH3 is 1. The zero-order chi connectivity index (χ0) is 23.3. The van der Waals surface area contributed by atoms with Crippen LogP contribution < -0.4 is 16.4 Å². The molecule has 0 spiro atoms. The number of nitrogens with two attached hydrogens (primary N) is 2. The Morgan fingerprint density at radius 2 is 1.97 bits per heavy atom. The minimum absolute atomic E-state index is 0.229. The molecule has 1 saturated heterocycles. The highest BCUT2D eigenvalue weighted by Crippen LogP contribution is 2.38. The topological polar surface area (TPSA) is 116 Å². The van der Waals surface area contributed by atoms with Gasteiger partial charge in [-0.15, -0.1) is 0 Å². The van der Waals surface area contributed by atoms with E-state index >= 15 is 0 Å². The first kappa shape index (κ1) is 23.5. The highest BCUT2D eigenvalue weighted by Gasteiger charge is 2.38. The van der Waals surface area contributed by atoms with Crippen LogP contribution in [-0.4, -0.2) is 42.7 Å². The van der Waals surface area contributed by atoms with Crippen LogP contribution in [0.2, 0.25) is 0 Å². The Labute approximate surface area is 190 Å². The van der Waals surface area contributed by atoms with Gasteiger partial charge in [0.25, 0.3) is 0 Å². The number of hydrogen-bond donors (Lipinski definition) is 2. The first-order chi connectivity index (χ1) is 15.3. The van der Waals surface area contributed by atoms with Crippen molar-refractivity contribution in [3.05, 3.63) is 59.8 Å². The largest absolute Gasteiger partial charge is 0.404 e. The molecule has 1 aliphatic heterocycles. The number of allylic oxidation sites excluding steroid dienone is 1. The SMILES string of the molecule is C=C(N)N=C/C(=C\N)c1ccc(C(C)(c2noc(N3CCC(OC)CC3)n2)C(C)C)cc1. The molecule has 2 aromatic rings. The van der Waals surface area contributed by atoms with E-state index in [1.54, 1.807) is 13.3 Å². The summed E-state index contributed by atoms with van der Waals surface area (Å²) in [6.07, 6.45) is 5.32. The third-order valence-corrected chi connectivity index (χ3v) is 6.45. The lowest BCUT2D eigenvalue weighted by atomic mass is 9.72. The predicted molar refractivity (Wildman–Crippen MR) is 128 cm³/mol. The van der Waals surface area contributed by atoms with E-state index in [2.05, 4.69) is 54.5 Å². The average Bonchev–Trinajstić information content (AvgIpc) is 3.30. The van der Waals surface area contributed by atoms with E-state index < -0.39 is 5.41 Å². The van der Waals surface area contributed by atoms with Crippen molar-refractivity contribution >= 4 is 17.8 Å². The monoisotopic (exact) mass is 438 g/mol. The summed E-state index contributed by atoms with van der Waals surface area (Å²) < 4.78 is 11.1. The van der Waals surface area contributed by atoms with Crippen molar-refractivity contribution in [2.75, 3.05) is 25.1 Å². The number of ether oxygens (including phenoxy) is 1. The minimum Gasteiger partial charge on any atom is -0.404 e. The van der Waals surface area contributed by atoms with Crippen LogP contribution in [0.4, 0.5) is 6.01 Å². The number of anilines is 1. The Kier molecular flexibility index (Phi) is 7.35. The molecule has 0 amide bonds. The lowest BCUT2D eigenvalue weighted by Gasteiger charge is -2.31. The first-order valence-corrected chi connectivity index (χ1v) is 10.9. The zero-order valence-corrected chi connectivity index (χ0v) is 19.4. The highest BCUT2D eigenvalue weighted by molar-refractivity contribution is 6.09. The normalized spacial score (nSPS) is 17.8. The molecule has 1 aromatic heterocycles. The number of aliphatic imine (C=N–C) groups is 1. The summed E-state index contributed by atoms with van der Waals surface area (Å²) in [6.45, 7) is 11.8. The van der Waals surface area contributed by atoms with E-state index in [9.17, 15) is 0 Å². The molecule has 4 N–H and O–H groups in total. The molecule has 172 valence electrons. The van der Waals surface area contributed by atoms with Gasteiger partial charge in [0.05, 0.1) is 11.5 Å². The van der Waals surface area contributed by atoms with Gasteiger partial charge in [-0.1, -0.05) is 49.8 Å². The third-order valence-electron chi connectivity index (χ3n) is 6.45. The molecule has 0 aliphatic carbocycles. The van der Waals surface area contributed by atoms with Crippen LogP contribution in [0.3, 0.4) is 0 Å². The molecule has 0 radical (unpaired) electrons. The molecule has 3 rings (SSSR count). The molecular formula is C24H34N6O2. The Morgan fingerprint density at radius 1 is 1.31 bits per heavy atom. The van der Waals surface area contributed by atoms with Crippen LogP contribution in [0.15, 0.2) is 52.4 Å². The molecule has 32 heavy (non-hydrogen) atoms. The molecule has 0 bridgehead atoms. The van der Waals surface area contributed by atoms with Crippen molar-refractivity contribution in [3.63, 3.8) is 0 Å². The summed E-state index contributed by atoms with van der Waals surface area (Å²) in [7, 11) is 1.76. The maximum atomic E-state index is 5.78. The highest BCUT2D eigenvalue weighted by atomic mass is 16.5. The van der Waals surface area contributed by atoms with Crippen molar-refractivity contribution in [2.45, 2.75) is 45.1 Å². The number of piperidine rings is 1. The molecule has 1 fully saturated rings. The van der Waals surface area contributed by atoms with E-state index in [4.69, 9.17) is 25.7 Å². The smallest absolute Gasteiger partial charge is 0.324 e. The van der Waals surface area contributed by atoms with Crippen LogP contribution in [0, 0.1) is 5.92 Å². The average molecular weight is 439 g/mol. The van der Waals surface area contributed by atoms with Gasteiger partial charge in [0.15, 0.2) is 5.82 Å². The first-order valence-electron chi connectivity index (χ1n) is 10.9. The molecule has 1 aliphatic rings. The Hall–Kier alpha value is -3.13. The van der Waals surface area contributed by atoms with Crippen molar-refractivity contribution < 1.29 is 9.26 Å². The summed E-state index contributed by atoms with van der Waals surface area (Å²) in [6, 6.07) is 8.74. The maximum absolute atomic E-state index is 5.78. The second kappa shape index (κ2) is 9.99. The fourth-order valence-electron chi connectivity index (χ4n) is 3.93. The summed E-state index contributed by atoms with van der Waals surface area (Å²) in [5, 5.41) is 4.39. The predicted octanol–water partition coefficient (Wildman–Crippen LogP) is 3.45. The van der Waals surface area contributed by atoms with Gasteiger partial charge in [0, 0.05) is 38.2 Å². The third kappa shape index (κ3) is 4.85. The van der Waals surface area contributed by atoms with Gasteiger partial charge in [-0.25, -0.2) is 4.99 Å². The van der Waals surface area contributed by atoms with Crippen LogP contribution >= 0.6 is 0 Å². The fourth-order valence-corrected chi connectivity index (χ4v) is 3.93. The van der Waals surface area contributed by atoms with Gasteiger partial charge in [0.2, 0.25) is 0 Å². The lowest BCUT2D eigenvalue weighted by molar-refractivity contribution is 0.0808. The molecule has 8 heteroatoms. The second-order valence-electron chi connectivity index (χ2n) is 8.63. The standard InChI is InChI=1S/C24H34N6O2/c1-16(2)24(4,20-8-6-18(7-9-20)19(14-25)15-27-17(3)26)22-28-23(32-29-22)30-12-10-21(31-5)11-13-30/h6-9,14-16,21H,3,10-13,25-26H2,1-2,4-5H3/b19-14+,27-15?. The van der Waals surface area contributed by atoms with Crippen molar-refractivity contribution in [2.24, 2.45) is 22.4 Å². The van der Waals surface area contributed by atoms with Gasteiger partial charge >= 0.3 is 6.01 Å². The fraction of sp³-hybridized carbons (Fsp3) is 0.458. The summed E-state index contributed by atoms with van der Waals surface area (Å²) in [4.78, 5) is 11.0. The molecule has 1 aromatic carbocycles. The zero-order valence-electron chi connectivity index (χ0n) is 19.4. The van der Waals surface area contributed by atoms with Crippen LogP contribution in [0.1, 0.15) is 50.6 Å². The van der Waals surface area contributed by atoms with Gasteiger partial charge in [-0.05, 0) is 36.8 Å². The molecule has 1 atom stereocenters. The summed E-state index contributed by atoms with van der Waals surface area (Å²) >= 11 is 0. The Balaban J connectivity index is 1.86. The van der Waals surface area contributed by atoms with E-state index in [-0.39, 0.29) is 11.7 Å². The maximum Gasteiger partial charge on any atom is 0.324 e. The van der Waals surface area contributed by atoms with Gasteiger partial charge in [-0.3, -0.25) is 0 Å². The van der Waals surface area contributed by atoms with Crippen molar-refractivity contribution in [1.82, 2.24) is 10.1 Å². The minimum atomic E-state index is -0.419. The van der Waals surface area contributed by atoms with Crippen LogP contribution in [0.25, 0.3) is 5.57 Å². The lowest BCUT2D eigenvalue weighted by Crippen LogP contribution is -2.37. The Morgan fingerprint density at radius 3 is 2.50 bits per heavy atom. The number of nitrogens with zero attached hydrogens (tertiary/aromatic N) is 4. The molecule has 2 heterocycles. The molecule has 1 unspecified atom stereocenters. The number of aromatic nitrogens is 2. The molecule has 0 saturated carbocycles. The number of benzene rings is 1. The number of hydrogen-bond acceptors (Lipinski definition) is 8. The van der Waals surface area contributed by atoms with E-state index in [0.29, 0.717) is 17.9 Å². The van der Waals surface area contributed by atoms with E-state index in [1.165, 1.54) is 6.20 Å². The Bertz CT molecular complexity index is 971. The number of rotatable bonds is 8. The molecule has 8 nitrogen and oxygen atoms in total. The van der Waals surface area contributed by atoms with Crippen LogP contribution in [-0.2, 0) is 10.2 Å². The van der Waals surface area contributed by atoms with Crippen molar-refractivity contribution in [3.8, 4) is 0 Å². The second-order valence-corrected chi connectivity index (χ2v) is 8.63. The quantitative estimate of drug-likeness (QED) is 0.606. The van der Waals surface area contributed by atoms with Crippen molar-refractivity contribution in [1.29, 1.82) is 0 Å². The van der Waals surface area contributed by atoms with Gasteiger partial charge < -0.3 is 25.6 Å². The van der Waals surface area contributed by atoms with Gasteiger partial charge in [0.1, 0.15) is 5.82 Å². The van der Waals surface area contributed by atoms with Gasteiger partial charge in [-0.2, -0.15) is 4.98 Å². The van der Waals surface area contributed by atoms with E-state index in [0.717, 1.165) is 42.6 Å². The van der Waals surface area contributed by atoms with E-state index in [1.807, 2.05) is 12.1 Å². The summed E-state index contributed by atoms with van der Waals surface area (Å²) in [5.41, 5.74) is 13.7. The van der Waals surface area contributed by atoms with Crippen LogP contribution in [0.5, 0.6) is 0 Å². The summed E-state index contributed by atoms with van der Waals surface area (Å²) in [5.74, 6) is 1.15. The molecular weight excluding hydrogens is 404 g/mol.